The van der Waals surface area contributed by atoms with Gasteiger partial charge in [0.2, 0.25) is 0 Å². The second-order valence-electron chi connectivity index (χ2n) is 4.91. The summed E-state index contributed by atoms with van der Waals surface area (Å²) < 4.78 is 1.48. The van der Waals surface area contributed by atoms with E-state index < -0.39 is 0 Å². The predicted octanol–water partition coefficient (Wildman–Crippen LogP) is 3.11. The Labute approximate surface area is 141 Å². The van der Waals surface area contributed by atoms with Crippen molar-refractivity contribution in [3.8, 4) is 0 Å². The van der Waals surface area contributed by atoms with Crippen molar-refractivity contribution >= 4 is 44.6 Å². The number of rotatable bonds is 4. The summed E-state index contributed by atoms with van der Waals surface area (Å²) in [7, 11) is -0.329. The van der Waals surface area contributed by atoms with Crippen LogP contribution in [0.5, 0.6) is 0 Å². The van der Waals surface area contributed by atoms with Crippen LogP contribution in [0.25, 0.3) is 0 Å². The average Bonchev–Trinajstić information content (AvgIpc) is 2.56. The third-order valence-corrected chi connectivity index (χ3v) is 7.37. The van der Waals surface area contributed by atoms with Crippen LogP contribution in [-0.4, -0.2) is 22.5 Å². The van der Waals surface area contributed by atoms with Crippen LogP contribution in [0, 0.1) is 0 Å². The number of benzene rings is 3. The van der Waals surface area contributed by atoms with Crippen molar-refractivity contribution in [3.05, 3.63) is 90.5 Å². The zero-order valence-corrected chi connectivity index (χ0v) is 15.5. The van der Waals surface area contributed by atoms with Gasteiger partial charge in [0.25, 0.3) is 0 Å². The minimum atomic E-state index is -0.329. The molecule has 0 aromatic heterocycles. The van der Waals surface area contributed by atoms with Gasteiger partial charge in [-0.25, -0.2) is 0 Å². The fraction of sp³-hybridized carbons (Fsp3) is 0.0526. The van der Waals surface area contributed by atoms with E-state index in [1.807, 2.05) is 0 Å². The van der Waals surface area contributed by atoms with Gasteiger partial charge in [0.1, 0.15) is 0 Å². The summed E-state index contributed by atoms with van der Waals surface area (Å²) in [5.74, 6) is 0. The molecule has 0 spiro atoms. The van der Waals surface area contributed by atoms with Gasteiger partial charge in [-0.05, 0) is 0 Å². The quantitative estimate of drug-likeness (QED) is 0.472. The molecule has 0 aliphatic heterocycles. The van der Waals surface area contributed by atoms with E-state index in [2.05, 4.69) is 84.9 Å². The average molecular weight is 394 g/mol. The summed E-state index contributed by atoms with van der Waals surface area (Å²) in [5.41, 5.74) is 1.49. The van der Waals surface area contributed by atoms with Crippen LogP contribution in [0.2, 0.25) is 0 Å². The zero-order chi connectivity index (χ0) is 14.5. The Bertz CT molecular complexity index is 656. The third kappa shape index (κ3) is 3.75. The molecule has 3 rings (SSSR count). The first kappa shape index (κ1) is 14.8. The first-order valence-electron chi connectivity index (χ1n) is 7.02. The Kier molecular flexibility index (Phi) is 5.11. The van der Waals surface area contributed by atoms with E-state index in [-0.39, 0.29) is 7.92 Å². The van der Waals surface area contributed by atoms with Crippen LogP contribution >= 0.6 is 7.92 Å². The molecule has 0 saturated carbocycles. The van der Waals surface area contributed by atoms with Gasteiger partial charge in [-0.1, -0.05) is 0 Å². The Morgan fingerprint density at radius 1 is 0.619 bits per heavy atom. The third-order valence-electron chi connectivity index (χ3n) is 3.48. The molecular weight excluding hydrogens is 378 g/mol. The van der Waals surface area contributed by atoms with Gasteiger partial charge in [-0.2, -0.15) is 0 Å². The van der Waals surface area contributed by atoms with Crippen molar-refractivity contribution in [1.29, 1.82) is 0 Å². The Morgan fingerprint density at radius 3 is 1.62 bits per heavy atom. The van der Waals surface area contributed by atoms with Crippen molar-refractivity contribution in [1.82, 2.24) is 0 Å². The van der Waals surface area contributed by atoms with Gasteiger partial charge in [-0.3, -0.25) is 0 Å². The van der Waals surface area contributed by atoms with Gasteiger partial charge in [0.05, 0.1) is 0 Å². The molecule has 0 heterocycles. The van der Waals surface area contributed by atoms with Crippen LogP contribution in [0.1, 0.15) is 5.56 Å². The molecule has 3 radical (unpaired) electrons. The molecule has 2 heteroatoms. The Hall–Kier alpha value is -1.11. The minimum absolute atomic E-state index is 0.329. The molecule has 0 saturated heterocycles. The van der Waals surface area contributed by atoms with Gasteiger partial charge >= 0.3 is 141 Å². The standard InChI is InChI=1S/C19H16P.Sn/c1-4-10-17(11-5-1)16-20(18-12-6-2-7-13-18)19-14-8-3-9-15-19;/h1-10,12-15H,16H2;. The molecule has 101 valence electrons. The molecule has 0 amide bonds. The van der Waals surface area contributed by atoms with Gasteiger partial charge in [0, 0.05) is 0 Å². The van der Waals surface area contributed by atoms with E-state index in [1.165, 1.54) is 42.3 Å². The van der Waals surface area contributed by atoms with Crippen LogP contribution in [0.15, 0.2) is 84.9 Å². The first-order valence-corrected chi connectivity index (χ1v) is 9.97. The molecule has 0 N–H and O–H groups in total. The molecule has 0 atom stereocenters. The molecule has 0 unspecified atom stereocenters. The topological polar surface area (TPSA) is 0 Å². The summed E-state index contributed by atoms with van der Waals surface area (Å²) in [6, 6.07) is 30.7. The maximum atomic E-state index is 2.28. The normalized spacial score (nSPS) is 10.8. The van der Waals surface area contributed by atoms with Gasteiger partial charge in [-0.15, -0.1) is 0 Å². The summed E-state index contributed by atoms with van der Waals surface area (Å²) in [5, 5.41) is 2.91. The van der Waals surface area contributed by atoms with Gasteiger partial charge in [0.15, 0.2) is 0 Å². The molecule has 0 aliphatic carbocycles. The summed E-state index contributed by atoms with van der Waals surface area (Å²) in [6.07, 6.45) is 1.13. The van der Waals surface area contributed by atoms with Crippen molar-refractivity contribution in [2.45, 2.75) is 6.16 Å². The number of hydrogen-bond acceptors (Lipinski definition) is 0. The van der Waals surface area contributed by atoms with Crippen LogP contribution in [-0.2, 0) is 6.16 Å². The van der Waals surface area contributed by atoms with E-state index in [1.54, 1.807) is 0 Å². The van der Waals surface area contributed by atoms with E-state index >= 15 is 0 Å². The molecule has 0 aliphatic rings. The molecule has 21 heavy (non-hydrogen) atoms. The van der Waals surface area contributed by atoms with E-state index in [0.717, 1.165) is 6.16 Å². The zero-order valence-electron chi connectivity index (χ0n) is 11.7. The van der Waals surface area contributed by atoms with E-state index in [0.29, 0.717) is 0 Å². The number of hydrogen-bond donors (Lipinski definition) is 0. The summed E-state index contributed by atoms with van der Waals surface area (Å²) in [6.45, 7) is 0. The molecule has 3 aromatic rings. The Balaban J connectivity index is 1.99. The molecule has 3 aromatic carbocycles. The second-order valence-corrected chi connectivity index (χ2v) is 8.66. The monoisotopic (exact) mass is 395 g/mol. The summed E-state index contributed by atoms with van der Waals surface area (Å²) in [4.78, 5) is 0. The van der Waals surface area contributed by atoms with Crippen molar-refractivity contribution < 1.29 is 0 Å². The molecule has 0 bridgehead atoms. The molecule has 0 nitrogen and oxygen atoms in total. The SMILES string of the molecule is [Sn][c]1ccccc1CP(c1ccccc1)c1ccccc1. The molecular formula is C19H16PSn. The fourth-order valence-corrected chi connectivity index (χ4v) is 5.91. The maximum absolute atomic E-state index is 2.28. The predicted molar refractivity (Wildman–Crippen MR) is 94.6 cm³/mol. The molecule has 0 fully saturated rings. The fourth-order valence-electron chi connectivity index (χ4n) is 2.38. The first-order chi connectivity index (χ1) is 10.3. The van der Waals surface area contributed by atoms with Crippen LogP contribution in [0.3, 0.4) is 0 Å². The van der Waals surface area contributed by atoms with Gasteiger partial charge < -0.3 is 0 Å². The van der Waals surface area contributed by atoms with E-state index in [4.69, 9.17) is 0 Å². The van der Waals surface area contributed by atoms with Crippen molar-refractivity contribution in [2.24, 2.45) is 0 Å². The summed E-state index contributed by atoms with van der Waals surface area (Å²) >= 11 is 1.50. The van der Waals surface area contributed by atoms with Crippen LogP contribution in [0.4, 0.5) is 0 Å². The van der Waals surface area contributed by atoms with E-state index in [9.17, 15) is 0 Å². The Morgan fingerprint density at radius 2 is 1.10 bits per heavy atom. The second kappa shape index (κ2) is 7.24. The van der Waals surface area contributed by atoms with Crippen molar-refractivity contribution in [3.63, 3.8) is 0 Å². The van der Waals surface area contributed by atoms with Crippen LogP contribution < -0.4 is 14.2 Å². The van der Waals surface area contributed by atoms with Crippen molar-refractivity contribution in [2.75, 3.05) is 0 Å².